The van der Waals surface area contributed by atoms with Gasteiger partial charge in [-0.05, 0) is 36.1 Å². The van der Waals surface area contributed by atoms with Crippen LogP contribution >= 0.6 is 0 Å². The Hall–Kier alpha value is -1.84. The molecule has 2 aromatic carbocycles. The molecule has 1 saturated heterocycles. The highest BCUT2D eigenvalue weighted by Crippen LogP contribution is 2.33. The molecule has 3 heteroatoms. The molecule has 3 rings (SSSR count). The van der Waals surface area contributed by atoms with Gasteiger partial charge in [0.05, 0.1) is 13.2 Å². The van der Waals surface area contributed by atoms with Gasteiger partial charge >= 0.3 is 0 Å². The lowest BCUT2D eigenvalue weighted by Gasteiger charge is -2.34. The first-order chi connectivity index (χ1) is 10.3. The molecule has 3 atom stereocenters. The van der Waals surface area contributed by atoms with Gasteiger partial charge in [-0.1, -0.05) is 42.5 Å². The van der Waals surface area contributed by atoms with Gasteiger partial charge in [0.15, 0.2) is 0 Å². The van der Waals surface area contributed by atoms with Crippen molar-refractivity contribution in [2.45, 2.75) is 31.0 Å². The van der Waals surface area contributed by atoms with Gasteiger partial charge in [-0.3, -0.25) is 0 Å². The molecule has 0 spiro atoms. The van der Waals surface area contributed by atoms with E-state index in [2.05, 4.69) is 29.6 Å². The second-order valence-corrected chi connectivity index (χ2v) is 5.58. The molecular weight excluding hydrogens is 262 g/mol. The number of aliphatic hydroxyl groups excluding tert-OH is 1. The molecule has 21 heavy (non-hydrogen) atoms. The molecule has 2 aromatic rings. The van der Waals surface area contributed by atoms with Crippen LogP contribution in [0.1, 0.15) is 36.1 Å². The summed E-state index contributed by atoms with van der Waals surface area (Å²) in [6.07, 6.45) is 1.23. The van der Waals surface area contributed by atoms with Crippen molar-refractivity contribution in [3.8, 4) is 5.75 Å². The summed E-state index contributed by atoms with van der Waals surface area (Å²) in [5.41, 5.74) is 2.42. The van der Waals surface area contributed by atoms with Crippen molar-refractivity contribution >= 4 is 0 Å². The quantitative estimate of drug-likeness (QED) is 0.908. The van der Waals surface area contributed by atoms with Crippen molar-refractivity contribution in [1.29, 1.82) is 0 Å². The summed E-state index contributed by atoms with van der Waals surface area (Å²) < 4.78 is 5.20. The van der Waals surface area contributed by atoms with Crippen LogP contribution in [-0.2, 0) is 0 Å². The molecule has 0 aromatic heterocycles. The van der Waals surface area contributed by atoms with E-state index in [0.29, 0.717) is 0 Å². The van der Waals surface area contributed by atoms with E-state index in [1.165, 1.54) is 11.1 Å². The van der Waals surface area contributed by atoms with Crippen molar-refractivity contribution in [2.24, 2.45) is 0 Å². The lowest BCUT2D eigenvalue weighted by molar-refractivity contribution is 0.0933. The molecular formula is C18H21NO2. The third-order valence-corrected chi connectivity index (χ3v) is 4.14. The van der Waals surface area contributed by atoms with Gasteiger partial charge in [0.25, 0.3) is 0 Å². The first kappa shape index (κ1) is 14.1. The minimum absolute atomic E-state index is 0.171. The van der Waals surface area contributed by atoms with Gasteiger partial charge < -0.3 is 15.2 Å². The van der Waals surface area contributed by atoms with Crippen LogP contribution in [0.3, 0.4) is 0 Å². The molecule has 0 amide bonds. The second kappa shape index (κ2) is 6.29. The van der Waals surface area contributed by atoms with Crippen LogP contribution in [0.4, 0.5) is 0 Å². The first-order valence-electron chi connectivity index (χ1n) is 7.39. The molecule has 110 valence electrons. The summed E-state index contributed by atoms with van der Waals surface area (Å²) in [5, 5.41) is 13.9. The predicted octanol–water partition coefficient (Wildman–Crippen LogP) is 3.22. The molecule has 1 aliphatic heterocycles. The van der Waals surface area contributed by atoms with E-state index in [-0.39, 0.29) is 18.2 Å². The maximum Gasteiger partial charge on any atom is 0.118 e. The Morgan fingerprint density at radius 3 is 2.05 bits per heavy atom. The van der Waals surface area contributed by atoms with Gasteiger partial charge in [0.1, 0.15) is 5.75 Å². The fraction of sp³-hybridized carbons (Fsp3) is 0.333. The predicted molar refractivity (Wildman–Crippen MR) is 83.3 cm³/mol. The number of piperidine rings is 1. The SMILES string of the molecule is COc1ccc([C@@H]2C[C@H](O)C[C@H](c3ccccc3)N2)cc1. The molecule has 0 bridgehead atoms. The summed E-state index contributed by atoms with van der Waals surface area (Å²) in [7, 11) is 1.67. The van der Waals surface area contributed by atoms with E-state index in [1.807, 2.05) is 30.3 Å². The first-order valence-corrected chi connectivity index (χ1v) is 7.39. The third kappa shape index (κ3) is 3.26. The molecule has 0 aliphatic carbocycles. The number of nitrogens with one attached hydrogen (secondary N) is 1. The van der Waals surface area contributed by atoms with Crippen molar-refractivity contribution in [1.82, 2.24) is 5.32 Å². The van der Waals surface area contributed by atoms with Gasteiger partial charge in [0, 0.05) is 12.1 Å². The van der Waals surface area contributed by atoms with Crippen LogP contribution in [0.2, 0.25) is 0 Å². The Morgan fingerprint density at radius 1 is 0.905 bits per heavy atom. The molecule has 0 saturated carbocycles. The molecule has 0 radical (unpaired) electrons. The van der Waals surface area contributed by atoms with E-state index >= 15 is 0 Å². The number of rotatable bonds is 3. The fourth-order valence-electron chi connectivity index (χ4n) is 3.01. The van der Waals surface area contributed by atoms with Crippen molar-refractivity contribution in [3.63, 3.8) is 0 Å². The zero-order valence-electron chi connectivity index (χ0n) is 12.2. The van der Waals surface area contributed by atoms with E-state index in [1.54, 1.807) is 7.11 Å². The summed E-state index contributed by atoms with van der Waals surface area (Å²) in [5.74, 6) is 0.856. The zero-order chi connectivity index (χ0) is 14.7. The number of ether oxygens (including phenoxy) is 1. The standard InChI is InChI=1S/C18H21NO2/c1-21-16-9-7-14(8-10-16)18-12-15(20)11-17(19-18)13-5-3-2-4-6-13/h2-10,15,17-20H,11-12H2,1H3/t15-,17-,18+/m1/s1. The number of methoxy groups -OCH3 is 1. The fourth-order valence-corrected chi connectivity index (χ4v) is 3.01. The third-order valence-electron chi connectivity index (χ3n) is 4.14. The molecule has 2 N–H and O–H groups in total. The van der Waals surface area contributed by atoms with Crippen molar-refractivity contribution in [2.75, 3.05) is 7.11 Å². The maximum absolute atomic E-state index is 10.2. The minimum atomic E-state index is -0.274. The van der Waals surface area contributed by atoms with Gasteiger partial charge in [0.2, 0.25) is 0 Å². The van der Waals surface area contributed by atoms with E-state index in [4.69, 9.17) is 4.74 Å². The topological polar surface area (TPSA) is 41.5 Å². The van der Waals surface area contributed by atoms with Crippen molar-refractivity contribution in [3.05, 3.63) is 65.7 Å². The Kier molecular flexibility index (Phi) is 4.23. The minimum Gasteiger partial charge on any atom is -0.497 e. The number of hydrogen-bond acceptors (Lipinski definition) is 3. The van der Waals surface area contributed by atoms with Crippen LogP contribution in [0, 0.1) is 0 Å². The van der Waals surface area contributed by atoms with Crippen molar-refractivity contribution < 1.29 is 9.84 Å². The van der Waals surface area contributed by atoms with Gasteiger partial charge in [-0.2, -0.15) is 0 Å². The number of benzene rings is 2. The summed E-state index contributed by atoms with van der Waals surface area (Å²) in [4.78, 5) is 0. The largest absolute Gasteiger partial charge is 0.497 e. The number of hydrogen-bond donors (Lipinski definition) is 2. The van der Waals surface area contributed by atoms with Crippen LogP contribution in [0.5, 0.6) is 5.75 Å². The maximum atomic E-state index is 10.2. The highest BCUT2D eigenvalue weighted by molar-refractivity contribution is 5.30. The molecule has 0 unspecified atom stereocenters. The average Bonchev–Trinajstić information content (AvgIpc) is 2.55. The normalized spacial score (nSPS) is 25.5. The average molecular weight is 283 g/mol. The van der Waals surface area contributed by atoms with E-state index in [0.717, 1.165) is 18.6 Å². The highest BCUT2D eigenvalue weighted by atomic mass is 16.5. The highest BCUT2D eigenvalue weighted by Gasteiger charge is 2.28. The molecule has 3 nitrogen and oxygen atoms in total. The second-order valence-electron chi connectivity index (χ2n) is 5.58. The molecule has 1 heterocycles. The summed E-state index contributed by atoms with van der Waals surface area (Å²) in [6, 6.07) is 18.8. The van der Waals surface area contributed by atoms with Crippen LogP contribution in [0.15, 0.2) is 54.6 Å². The summed E-state index contributed by atoms with van der Waals surface area (Å²) >= 11 is 0. The van der Waals surface area contributed by atoms with Gasteiger partial charge in [-0.15, -0.1) is 0 Å². The van der Waals surface area contributed by atoms with Crippen LogP contribution in [-0.4, -0.2) is 18.3 Å². The van der Waals surface area contributed by atoms with E-state index < -0.39 is 0 Å². The monoisotopic (exact) mass is 283 g/mol. The molecule has 1 aliphatic rings. The lowest BCUT2D eigenvalue weighted by atomic mass is 9.88. The lowest BCUT2D eigenvalue weighted by Crippen LogP contribution is -2.37. The van der Waals surface area contributed by atoms with Crippen LogP contribution in [0.25, 0.3) is 0 Å². The summed E-state index contributed by atoms with van der Waals surface area (Å²) in [6.45, 7) is 0. The Morgan fingerprint density at radius 2 is 1.48 bits per heavy atom. The Balaban J connectivity index is 1.79. The number of aliphatic hydroxyl groups is 1. The van der Waals surface area contributed by atoms with Crippen LogP contribution < -0.4 is 10.1 Å². The van der Waals surface area contributed by atoms with Gasteiger partial charge in [-0.25, -0.2) is 0 Å². The van der Waals surface area contributed by atoms with E-state index in [9.17, 15) is 5.11 Å². The molecule has 1 fully saturated rings. The Labute approximate surface area is 125 Å². The zero-order valence-corrected chi connectivity index (χ0v) is 12.2. The Bertz CT molecular complexity index is 568. The smallest absolute Gasteiger partial charge is 0.118 e.